The highest BCUT2D eigenvalue weighted by Gasteiger charge is 2.46. The molecule has 550 valence electrons. The molecule has 7 heterocycles. The van der Waals surface area contributed by atoms with E-state index in [-0.39, 0.29) is 100 Å². The van der Waals surface area contributed by atoms with Crippen LogP contribution in [-0.2, 0) is 60.6 Å². The Kier molecular flexibility index (Phi) is 25.3. The predicted molar refractivity (Wildman–Crippen MR) is 363 cm³/mol. The van der Waals surface area contributed by atoms with Crippen molar-refractivity contribution in [2.24, 2.45) is 16.6 Å². The van der Waals surface area contributed by atoms with Crippen LogP contribution in [0.1, 0.15) is 100 Å². The molecule has 13 N–H and O–H groups in total. The van der Waals surface area contributed by atoms with Gasteiger partial charge in [-0.05, 0) is 49.4 Å². The maximum absolute atomic E-state index is 14.5. The maximum Gasteiger partial charge on any atom is 0.330 e. The molecule has 9 rings (SSSR count). The second kappa shape index (κ2) is 33.8. The van der Waals surface area contributed by atoms with E-state index in [1.807, 2.05) is 0 Å². The number of hydrogen-bond acceptors (Lipinski definition) is 30. The highest BCUT2D eigenvalue weighted by molar-refractivity contribution is 7.53. The topological polar surface area (TPSA) is 561 Å². The van der Waals surface area contributed by atoms with E-state index in [1.54, 1.807) is 0 Å². The van der Waals surface area contributed by atoms with Crippen molar-refractivity contribution in [2.45, 2.75) is 101 Å². The number of amides is 3. The first-order valence-electron chi connectivity index (χ1n) is 31.4. The van der Waals surface area contributed by atoms with Crippen LogP contribution in [-0.4, -0.2) is 193 Å². The van der Waals surface area contributed by atoms with Gasteiger partial charge in [-0.15, -0.1) is 4.91 Å². The van der Waals surface area contributed by atoms with Crippen LogP contribution >= 0.6 is 15.2 Å². The van der Waals surface area contributed by atoms with E-state index >= 15 is 0 Å². The molecule has 0 bridgehead atoms. The number of hydrogen-bond donors (Lipinski definition) is 10. The van der Waals surface area contributed by atoms with Crippen molar-refractivity contribution in [2.75, 3.05) is 72.2 Å². The number of aromatic amines is 2. The number of nitrogens with zero attached hydrogens (tertiary/aromatic N) is 7. The number of ketones is 2. The number of fused-ring (bicyclic) bond motifs is 1. The van der Waals surface area contributed by atoms with E-state index in [4.69, 9.17) is 54.2 Å². The Bertz CT molecular complexity index is 4920. The molecular formula is C63H69N15O24P2. The number of H-pyrrole nitrogens is 2. The lowest BCUT2D eigenvalue weighted by atomic mass is 10.1. The lowest BCUT2D eigenvalue weighted by Crippen LogP contribution is -2.50. The van der Waals surface area contributed by atoms with Gasteiger partial charge in [-0.1, -0.05) is 35.5 Å². The number of aliphatic hydroxyl groups excluding tert-OH is 2. The zero-order chi connectivity index (χ0) is 75.5. The number of methoxy groups -OCH3 is 1. The predicted octanol–water partition coefficient (Wildman–Crippen LogP) is -0.709. The van der Waals surface area contributed by atoms with Crippen LogP contribution in [0.3, 0.4) is 0 Å². The van der Waals surface area contributed by atoms with Gasteiger partial charge < -0.3 is 85.0 Å². The molecule has 3 fully saturated rings. The summed E-state index contributed by atoms with van der Waals surface area (Å²) < 4.78 is 80.5. The van der Waals surface area contributed by atoms with Crippen LogP contribution in [0.25, 0.3) is 11.0 Å². The number of carbonyl (C=O) groups excluding carboxylic acids is 5. The Morgan fingerprint density at radius 2 is 1.29 bits per heavy atom. The smallest absolute Gasteiger partial charge is 0.330 e. The van der Waals surface area contributed by atoms with Crippen LogP contribution in [0.5, 0.6) is 0 Å². The number of nitroso groups, excluding NO2 is 1. The summed E-state index contributed by atoms with van der Waals surface area (Å²) in [6.07, 6.45) is -8.59. The highest BCUT2D eigenvalue weighted by Crippen LogP contribution is 2.52. The minimum absolute atomic E-state index is 0.0119. The van der Waals surface area contributed by atoms with Gasteiger partial charge >= 0.3 is 26.6 Å². The second-order valence-corrected chi connectivity index (χ2v) is 27.7. The number of Topliss-reactive ketones (excluding diaryl/α,β-unsaturated/α-hetero) is 2. The van der Waals surface area contributed by atoms with Crippen LogP contribution in [0, 0.1) is 50.5 Å². The summed E-state index contributed by atoms with van der Waals surface area (Å²) in [6.45, 7) is 1.50. The summed E-state index contributed by atoms with van der Waals surface area (Å²) in [6, 6.07) is 6.78. The summed E-state index contributed by atoms with van der Waals surface area (Å²) in [7, 11) is -7.34. The molecular weight excluding hydrogens is 1410 g/mol. The Labute approximate surface area is 587 Å². The Hall–Kier alpha value is -10.4. The molecule has 6 aromatic rings. The third-order valence-corrected chi connectivity index (χ3v) is 18.7. The number of nitrogen functional groups attached to an aromatic ring is 1. The Balaban J connectivity index is 0.893. The van der Waals surface area contributed by atoms with Gasteiger partial charge in [-0.3, -0.25) is 71.9 Å². The maximum atomic E-state index is 14.5. The number of aromatic nitrogens is 7. The number of carbonyl (C=O) groups is 5. The number of anilines is 1. The van der Waals surface area contributed by atoms with E-state index in [0.717, 1.165) is 40.9 Å². The van der Waals surface area contributed by atoms with Gasteiger partial charge in [0.25, 0.3) is 22.7 Å². The highest BCUT2D eigenvalue weighted by atomic mass is 31.2. The fraction of sp³-hybridized carbons (Fsp3) is 0.413. The second-order valence-electron chi connectivity index (χ2n) is 23.7. The van der Waals surface area contributed by atoms with Crippen molar-refractivity contribution in [1.82, 2.24) is 49.6 Å². The molecule has 3 saturated heterocycles. The van der Waals surface area contributed by atoms with Crippen LogP contribution < -0.4 is 55.6 Å². The zero-order valence-corrected chi connectivity index (χ0v) is 57.6. The number of rotatable bonds is 27. The zero-order valence-electron chi connectivity index (χ0n) is 55.8. The molecule has 13 atom stereocenters. The Morgan fingerprint density at radius 3 is 1.87 bits per heavy atom. The van der Waals surface area contributed by atoms with E-state index in [1.165, 1.54) is 68.4 Å². The number of nitro groups is 1. The molecule has 4 aromatic heterocycles. The van der Waals surface area contributed by atoms with E-state index < -0.39 is 171 Å². The molecule has 3 aliphatic heterocycles. The third kappa shape index (κ3) is 19.3. The van der Waals surface area contributed by atoms with E-state index in [2.05, 4.69) is 76.6 Å². The first-order valence-corrected chi connectivity index (χ1v) is 35.4. The van der Waals surface area contributed by atoms with Crippen LogP contribution in [0.4, 0.5) is 17.2 Å². The van der Waals surface area contributed by atoms with Gasteiger partial charge in [0, 0.05) is 87.6 Å². The average Bonchev–Trinajstić information content (AvgIpc) is 1.62. The van der Waals surface area contributed by atoms with Crippen molar-refractivity contribution in [1.29, 1.82) is 0 Å². The molecule has 2 aromatic carbocycles. The molecule has 3 amide bonds. The van der Waals surface area contributed by atoms with Gasteiger partial charge in [0.2, 0.25) is 11.8 Å². The number of nitro benzene ring substituents is 1. The van der Waals surface area contributed by atoms with Crippen LogP contribution in [0.2, 0.25) is 0 Å². The number of nitrogens with one attached hydrogen (secondary N) is 5. The van der Waals surface area contributed by atoms with E-state index in [0.29, 0.717) is 0 Å². The summed E-state index contributed by atoms with van der Waals surface area (Å²) >= 11 is 0. The number of aliphatic hydroxyl groups is 2. The summed E-state index contributed by atoms with van der Waals surface area (Å²) in [5.41, 5.74) is 12.9. The molecule has 0 radical (unpaired) electrons. The SMILES string of the molecule is COC[C@H]1O[C@@H](n2cc(C#CCNC(=O)CNC(=O)C(O)CNC(=O)C(N)CN)c(=O)[nH]c2=O)C[C@@H]1OP(C)(=O)OC[C@H]1O[C@@H](n2cc(C#Cc3ccc(C(C)=O)c(N=O)c3)c(=O)[nH]c2=O)C[C@@H]1OP(C)(=O)OC[C@H]1O[C@@H](n2cc(C#Cc3ccc(C(C)=O)c([N+](=O)[O-])c3)c3c(N)ncnc32)C[C@@H]1O. The van der Waals surface area contributed by atoms with Gasteiger partial charge in [0.15, 0.2) is 11.6 Å². The number of ether oxygens (including phenoxy) is 4. The molecule has 41 heteroatoms. The lowest BCUT2D eigenvalue weighted by Gasteiger charge is -2.26. The van der Waals surface area contributed by atoms with E-state index in [9.17, 15) is 77.5 Å². The Morgan fingerprint density at radius 1 is 0.750 bits per heavy atom. The van der Waals surface area contributed by atoms with Gasteiger partial charge in [-0.25, -0.2) is 19.6 Å². The molecule has 0 saturated carbocycles. The first-order chi connectivity index (χ1) is 49.4. The number of benzene rings is 2. The normalized spacial score (nSPS) is 21.5. The summed E-state index contributed by atoms with van der Waals surface area (Å²) in [5.74, 6) is 12.8. The molecule has 39 nitrogen and oxygen atoms in total. The monoisotopic (exact) mass is 1480 g/mol. The van der Waals surface area contributed by atoms with Gasteiger partial charge in [0.1, 0.15) is 77.7 Å². The van der Waals surface area contributed by atoms with Crippen molar-refractivity contribution in [3.05, 3.63) is 157 Å². The molecule has 104 heavy (non-hydrogen) atoms. The van der Waals surface area contributed by atoms with Crippen molar-refractivity contribution in [3.8, 4) is 35.5 Å². The van der Waals surface area contributed by atoms with Gasteiger partial charge in [0.05, 0.1) is 85.2 Å². The minimum atomic E-state index is -4.34. The standard InChI is InChI=1S/C63H69N15O24P2/c1-32(79)39-14-10-34(17-42(39)74-90)9-13-38-27-77(63(89)73-59(38)85)54-21-47(102-103(4,93)96-29-48-44(81)19-52(98-48)75-25-36(55-56(66)70-31-71-57(55)75)12-8-35-11-15-40(33(2)80)43(18-35)78(91)92)50(100-54)30-97-104(5,94)101-46-20-53(99-49(46)28-95-3)76-26-37(58(84)72-62(76)88)7-6-16-67-51(83)24-69-61(87)45(82)23-68-60(86)41(65)22-64/h10-11,14-15,17-18,25-27,31,41,44-50,52-54,81-82H,16,19-24,28-30,64-65H2,1-5H3,(H,67,83)(H,68,86)(H,69,87)(H2,66,70,71)(H,72,84,88)(H,73,85,89)/t41?,44-,45?,46-,47-,48+,49+,50+,52+,53+,54+,103?,104?/m0/s1. The fourth-order valence-corrected chi connectivity index (χ4v) is 13.3. The summed E-state index contributed by atoms with van der Waals surface area (Å²) in [4.78, 5) is 149. The third-order valence-electron chi connectivity index (χ3n) is 16.1. The minimum Gasteiger partial charge on any atom is -0.390 e. The van der Waals surface area contributed by atoms with Crippen LogP contribution in [0.15, 0.2) is 85.7 Å². The molecule has 0 aliphatic carbocycles. The molecule has 0 spiro atoms. The summed E-state index contributed by atoms with van der Waals surface area (Å²) in [5, 5.41) is 43.2. The molecule has 4 unspecified atom stereocenters. The largest absolute Gasteiger partial charge is 0.390 e. The fourth-order valence-electron chi connectivity index (χ4n) is 10.9. The average molecular weight is 1480 g/mol. The quantitative estimate of drug-likeness (QED) is 0.00760. The number of nitrogens with two attached hydrogens (primary N) is 3. The molecule has 3 aliphatic rings. The lowest BCUT2D eigenvalue weighted by molar-refractivity contribution is -0.385. The van der Waals surface area contributed by atoms with Gasteiger partial charge in [-0.2, -0.15) is 0 Å². The van der Waals surface area contributed by atoms with Crippen molar-refractivity contribution >= 4 is 72.7 Å². The first kappa shape index (κ1) is 77.8. The van der Waals surface area contributed by atoms with Crippen molar-refractivity contribution < 1.29 is 85.3 Å². The van der Waals surface area contributed by atoms with Crippen molar-refractivity contribution in [3.63, 3.8) is 0 Å².